The van der Waals surface area contributed by atoms with Crippen molar-refractivity contribution in [1.29, 1.82) is 0 Å². The molecule has 2 saturated heterocycles. The summed E-state index contributed by atoms with van der Waals surface area (Å²) in [6.07, 6.45) is 5.19. The number of hydrogen-bond acceptors (Lipinski definition) is 6. The lowest BCUT2D eigenvalue weighted by Crippen LogP contribution is -2.54. The number of nitrogens with zero attached hydrogens (tertiary/aromatic N) is 2. The lowest BCUT2D eigenvalue weighted by atomic mass is 9.77. The van der Waals surface area contributed by atoms with Gasteiger partial charge in [0.05, 0.1) is 12.6 Å². The second-order valence-electron chi connectivity index (χ2n) is 10.5. The largest absolute Gasteiger partial charge is 0.444 e. The zero-order chi connectivity index (χ0) is 24.9. The lowest BCUT2D eigenvalue weighted by molar-refractivity contribution is -0.132. The Balaban J connectivity index is 1.31. The molecule has 3 rings (SSSR count). The molecule has 5 amide bonds. The quantitative estimate of drug-likeness (QED) is 0.342. The summed E-state index contributed by atoms with van der Waals surface area (Å²) < 4.78 is 5.25. The molecule has 34 heavy (non-hydrogen) atoms. The van der Waals surface area contributed by atoms with Crippen molar-refractivity contribution < 1.29 is 28.8 Å². The topological polar surface area (TPSA) is 129 Å². The molecule has 0 aromatic heterocycles. The molecule has 192 valence electrons. The number of carbonyl (C=O) groups is 4. The highest BCUT2D eigenvalue weighted by molar-refractivity contribution is 5.90. The third kappa shape index (κ3) is 6.97. The van der Waals surface area contributed by atoms with E-state index in [1.165, 1.54) is 9.96 Å². The Morgan fingerprint density at radius 2 is 1.85 bits per heavy atom. The molecule has 1 saturated carbocycles. The maximum absolute atomic E-state index is 12.6. The van der Waals surface area contributed by atoms with E-state index in [0.717, 1.165) is 25.7 Å². The van der Waals surface area contributed by atoms with Crippen LogP contribution >= 0.6 is 0 Å². The smallest absolute Gasteiger partial charge is 0.407 e. The number of amides is 5. The molecular formula is C23H39N5O6. The number of urea groups is 1. The maximum atomic E-state index is 12.6. The molecule has 2 aliphatic heterocycles. The van der Waals surface area contributed by atoms with Crippen molar-refractivity contribution in [2.75, 3.05) is 13.2 Å². The van der Waals surface area contributed by atoms with Gasteiger partial charge in [-0.1, -0.05) is 13.3 Å². The third-order valence-electron chi connectivity index (χ3n) is 6.42. The highest BCUT2D eigenvalue weighted by Gasteiger charge is 2.48. The average molecular weight is 482 g/mol. The van der Waals surface area contributed by atoms with E-state index in [0.29, 0.717) is 38.3 Å². The third-order valence-corrected chi connectivity index (χ3v) is 6.42. The number of alkyl carbamates (subject to hydrolysis) is 1. The number of piperidine rings is 1. The Bertz CT molecular complexity index is 763. The Morgan fingerprint density at radius 3 is 2.53 bits per heavy atom. The maximum Gasteiger partial charge on any atom is 0.407 e. The Kier molecular flexibility index (Phi) is 8.62. The van der Waals surface area contributed by atoms with E-state index in [4.69, 9.17) is 9.57 Å². The molecule has 0 spiro atoms. The van der Waals surface area contributed by atoms with E-state index in [-0.39, 0.29) is 36.3 Å². The summed E-state index contributed by atoms with van der Waals surface area (Å²) in [6.45, 7) is 8.45. The van der Waals surface area contributed by atoms with Crippen molar-refractivity contribution in [3.63, 3.8) is 0 Å². The van der Waals surface area contributed by atoms with Crippen LogP contribution in [0.4, 0.5) is 9.59 Å². The summed E-state index contributed by atoms with van der Waals surface area (Å²) in [7, 11) is 0. The molecule has 2 atom stereocenters. The monoisotopic (exact) mass is 481 g/mol. The Labute approximate surface area is 201 Å². The molecular weight excluding hydrogens is 442 g/mol. The van der Waals surface area contributed by atoms with Gasteiger partial charge in [-0.25, -0.2) is 9.59 Å². The van der Waals surface area contributed by atoms with Crippen LogP contribution in [0, 0.1) is 5.92 Å². The number of rotatable bonds is 9. The summed E-state index contributed by atoms with van der Waals surface area (Å²) in [5.74, 6) is -0.318. The number of fused-ring (bicyclic) bond motifs is 2. The van der Waals surface area contributed by atoms with Gasteiger partial charge in [-0.3, -0.25) is 25.3 Å². The molecule has 3 fully saturated rings. The summed E-state index contributed by atoms with van der Waals surface area (Å²) in [4.78, 5) is 56.4. The zero-order valence-electron chi connectivity index (χ0n) is 20.7. The molecule has 0 aromatic carbocycles. The fraction of sp³-hybridized carbons (Fsp3) is 0.826. The van der Waals surface area contributed by atoms with E-state index in [2.05, 4.69) is 23.1 Å². The van der Waals surface area contributed by atoms with Crippen LogP contribution in [0.3, 0.4) is 0 Å². The van der Waals surface area contributed by atoms with Crippen LogP contribution in [-0.4, -0.2) is 70.8 Å². The standard InChI is InChI=1S/C23H39N5O6/c1-5-6-11-33-28-17-8-9-18(27(14-17)22(28)32)20(30)26-25-19(29)10-7-15-12-16(13-15)24-21(31)34-23(2,3)4/h15-18H,5-14H2,1-4H3,(H,24,31)(H,25,29)(H,26,30)/t15-,16-,17?,18-/m0/s1. The van der Waals surface area contributed by atoms with Crippen LogP contribution in [0.15, 0.2) is 0 Å². The lowest BCUT2D eigenvalue weighted by Gasteiger charge is -2.36. The summed E-state index contributed by atoms with van der Waals surface area (Å²) in [5, 5.41) is 4.25. The fourth-order valence-electron chi connectivity index (χ4n) is 4.55. The number of hydrogen-bond donors (Lipinski definition) is 3. The first-order valence-corrected chi connectivity index (χ1v) is 12.4. The van der Waals surface area contributed by atoms with Gasteiger partial charge in [0, 0.05) is 19.0 Å². The Hall–Kier alpha value is -2.56. The second kappa shape index (κ2) is 11.2. The molecule has 3 aliphatic rings. The van der Waals surface area contributed by atoms with Crippen molar-refractivity contribution >= 4 is 23.9 Å². The molecule has 11 heteroatoms. The van der Waals surface area contributed by atoms with Crippen molar-refractivity contribution in [2.45, 2.75) is 103 Å². The van der Waals surface area contributed by atoms with Crippen LogP contribution in [-0.2, 0) is 19.2 Å². The number of ether oxygens (including phenoxy) is 1. The summed E-state index contributed by atoms with van der Waals surface area (Å²) in [5.41, 5.74) is 4.41. The van der Waals surface area contributed by atoms with E-state index in [1.54, 1.807) is 0 Å². The normalized spacial score (nSPS) is 26.1. The number of unbranched alkanes of at least 4 members (excludes halogenated alkanes) is 1. The van der Waals surface area contributed by atoms with Crippen LogP contribution in [0.25, 0.3) is 0 Å². The van der Waals surface area contributed by atoms with E-state index in [9.17, 15) is 19.2 Å². The van der Waals surface area contributed by atoms with Gasteiger partial charge in [-0.2, -0.15) is 5.06 Å². The molecule has 11 nitrogen and oxygen atoms in total. The minimum atomic E-state index is -0.616. The van der Waals surface area contributed by atoms with Gasteiger partial charge in [0.1, 0.15) is 11.6 Å². The van der Waals surface area contributed by atoms with E-state index in [1.807, 2.05) is 20.8 Å². The number of hydroxylamine groups is 2. The van der Waals surface area contributed by atoms with Gasteiger partial charge in [0.25, 0.3) is 5.91 Å². The number of hydrazine groups is 1. The highest BCUT2D eigenvalue weighted by Crippen LogP contribution is 2.32. The molecule has 2 heterocycles. The van der Waals surface area contributed by atoms with E-state index >= 15 is 0 Å². The second-order valence-corrected chi connectivity index (χ2v) is 10.5. The molecule has 2 bridgehead atoms. The van der Waals surface area contributed by atoms with Crippen molar-refractivity contribution in [3.05, 3.63) is 0 Å². The average Bonchev–Trinajstić information content (AvgIpc) is 2.97. The van der Waals surface area contributed by atoms with Gasteiger partial charge in [-0.15, -0.1) is 0 Å². The first kappa shape index (κ1) is 26.1. The van der Waals surface area contributed by atoms with Gasteiger partial charge >= 0.3 is 12.1 Å². The minimum absolute atomic E-state index is 0.0286. The Morgan fingerprint density at radius 1 is 1.12 bits per heavy atom. The predicted molar refractivity (Wildman–Crippen MR) is 123 cm³/mol. The zero-order valence-corrected chi connectivity index (χ0v) is 20.7. The van der Waals surface area contributed by atoms with Crippen molar-refractivity contribution in [3.8, 4) is 0 Å². The van der Waals surface area contributed by atoms with Crippen LogP contribution in [0.1, 0.15) is 79.1 Å². The SMILES string of the molecule is CCCCON1C(=O)N2CC1CC[C@H]2C(=O)NNC(=O)CC[C@H]1C[C@H](NC(=O)OC(C)(C)C)C1. The molecule has 0 radical (unpaired) electrons. The number of nitrogens with one attached hydrogen (secondary N) is 3. The van der Waals surface area contributed by atoms with Crippen LogP contribution in [0.2, 0.25) is 0 Å². The molecule has 1 aliphatic carbocycles. The summed E-state index contributed by atoms with van der Waals surface area (Å²) >= 11 is 0. The molecule has 3 N–H and O–H groups in total. The first-order chi connectivity index (χ1) is 16.1. The van der Waals surface area contributed by atoms with Crippen molar-refractivity contribution in [2.24, 2.45) is 5.92 Å². The van der Waals surface area contributed by atoms with Gasteiger partial charge < -0.3 is 15.0 Å². The van der Waals surface area contributed by atoms with Crippen LogP contribution < -0.4 is 16.2 Å². The molecule has 0 aromatic rings. The summed E-state index contributed by atoms with van der Waals surface area (Å²) in [6, 6.07) is -0.861. The van der Waals surface area contributed by atoms with Crippen LogP contribution in [0.5, 0.6) is 0 Å². The number of carbonyl (C=O) groups excluding carboxylic acids is 4. The highest BCUT2D eigenvalue weighted by atomic mass is 16.7. The minimum Gasteiger partial charge on any atom is -0.444 e. The molecule has 1 unspecified atom stereocenters. The first-order valence-electron chi connectivity index (χ1n) is 12.4. The van der Waals surface area contributed by atoms with E-state index < -0.39 is 17.7 Å². The van der Waals surface area contributed by atoms with Gasteiger partial charge in [0.15, 0.2) is 0 Å². The fourth-order valence-corrected chi connectivity index (χ4v) is 4.55. The predicted octanol–water partition coefficient (Wildman–Crippen LogP) is 2.22. The van der Waals surface area contributed by atoms with Gasteiger partial charge in [0.2, 0.25) is 5.91 Å². The van der Waals surface area contributed by atoms with Crippen molar-refractivity contribution in [1.82, 2.24) is 26.1 Å². The van der Waals surface area contributed by atoms with Gasteiger partial charge in [-0.05, 0) is 65.2 Å².